The lowest BCUT2D eigenvalue weighted by molar-refractivity contribution is 0.369. The molecule has 0 fully saturated rings. The van der Waals surface area contributed by atoms with Crippen LogP contribution in [-0.4, -0.2) is 31.6 Å². The molecule has 0 amide bonds. The molecule has 50 valence electrons. The largest absolute Gasteiger partial charge is 0.434 e. The number of hydrogen-bond acceptors (Lipinski definition) is 3. The molecule has 1 heterocycles. The molecule has 9 heavy (non-hydrogen) atoms. The van der Waals surface area contributed by atoms with E-state index >= 15 is 0 Å². The summed E-state index contributed by atoms with van der Waals surface area (Å²) in [5, 5.41) is 0. The molecule has 0 spiro atoms. The van der Waals surface area contributed by atoms with E-state index in [0.717, 1.165) is 6.54 Å². The third kappa shape index (κ3) is 1.45. The summed E-state index contributed by atoms with van der Waals surface area (Å²) in [6.45, 7) is 0.730. The molecule has 0 N–H and O–H groups in total. The smallest absolute Gasteiger partial charge is 0.292 e. The molecule has 3 nitrogen and oxygen atoms in total. The highest BCUT2D eigenvalue weighted by Crippen LogP contribution is 1.94. The molecule has 0 saturated carbocycles. The van der Waals surface area contributed by atoms with Crippen molar-refractivity contribution in [3.05, 3.63) is 12.3 Å². The maximum atomic E-state index is 5.03. The molecule has 0 aromatic rings. The number of amidine groups is 1. The lowest BCUT2D eigenvalue weighted by Gasteiger charge is -2.15. The monoisotopic (exact) mass is 126 g/mol. The zero-order valence-corrected chi connectivity index (χ0v) is 5.66. The Kier molecular flexibility index (Phi) is 1.72. The van der Waals surface area contributed by atoms with Gasteiger partial charge in [0.2, 0.25) is 0 Å². The maximum absolute atomic E-state index is 5.03. The van der Waals surface area contributed by atoms with E-state index in [4.69, 9.17) is 4.74 Å². The third-order valence-corrected chi connectivity index (χ3v) is 0.984. The van der Waals surface area contributed by atoms with Gasteiger partial charge in [0.1, 0.15) is 0 Å². The second kappa shape index (κ2) is 2.53. The first kappa shape index (κ1) is 6.13. The first-order valence-electron chi connectivity index (χ1n) is 2.84. The highest BCUT2D eigenvalue weighted by atomic mass is 16.5. The van der Waals surface area contributed by atoms with Crippen molar-refractivity contribution < 1.29 is 4.74 Å². The SMILES string of the molecule is CN(C)C1=NCC=CO1. The van der Waals surface area contributed by atoms with Gasteiger partial charge < -0.3 is 9.64 Å². The van der Waals surface area contributed by atoms with Crippen molar-refractivity contribution in [3.8, 4) is 0 Å². The second-order valence-corrected chi connectivity index (χ2v) is 2.01. The fraction of sp³-hybridized carbons (Fsp3) is 0.500. The molecule has 0 aromatic heterocycles. The van der Waals surface area contributed by atoms with Crippen molar-refractivity contribution in [1.82, 2.24) is 4.90 Å². The Labute approximate surface area is 54.6 Å². The van der Waals surface area contributed by atoms with Crippen molar-refractivity contribution >= 4 is 6.02 Å². The molecule has 0 atom stereocenters. The van der Waals surface area contributed by atoms with Crippen LogP contribution in [0.3, 0.4) is 0 Å². The summed E-state index contributed by atoms with van der Waals surface area (Å²) in [5.41, 5.74) is 0. The van der Waals surface area contributed by atoms with Crippen LogP contribution in [0.15, 0.2) is 17.3 Å². The summed E-state index contributed by atoms with van der Waals surface area (Å²) in [5.74, 6) is 0. The van der Waals surface area contributed by atoms with Crippen molar-refractivity contribution in [2.45, 2.75) is 0 Å². The predicted octanol–water partition coefficient (Wildman–Crippen LogP) is 0.448. The molecule has 1 aliphatic heterocycles. The first-order valence-corrected chi connectivity index (χ1v) is 2.84. The van der Waals surface area contributed by atoms with Gasteiger partial charge in [-0.3, -0.25) is 0 Å². The molecule has 0 saturated heterocycles. The topological polar surface area (TPSA) is 24.8 Å². The molecular weight excluding hydrogens is 116 g/mol. The van der Waals surface area contributed by atoms with Gasteiger partial charge in [0, 0.05) is 14.1 Å². The lowest BCUT2D eigenvalue weighted by atomic mass is 10.6. The quantitative estimate of drug-likeness (QED) is 0.470. The van der Waals surface area contributed by atoms with Crippen LogP contribution in [0.5, 0.6) is 0 Å². The average molecular weight is 126 g/mol. The van der Waals surface area contributed by atoms with Crippen LogP contribution in [0.25, 0.3) is 0 Å². The Morgan fingerprint density at radius 1 is 1.67 bits per heavy atom. The minimum atomic E-state index is 0.678. The van der Waals surface area contributed by atoms with E-state index in [1.54, 1.807) is 6.26 Å². The molecule has 0 bridgehead atoms. The van der Waals surface area contributed by atoms with Gasteiger partial charge in [0.25, 0.3) is 6.02 Å². The van der Waals surface area contributed by atoms with E-state index in [2.05, 4.69) is 4.99 Å². The van der Waals surface area contributed by atoms with Crippen LogP contribution in [0.1, 0.15) is 0 Å². The predicted molar refractivity (Wildman–Crippen MR) is 36.2 cm³/mol. The minimum absolute atomic E-state index is 0.678. The van der Waals surface area contributed by atoms with Crippen LogP contribution < -0.4 is 0 Å². The van der Waals surface area contributed by atoms with Crippen molar-refractivity contribution in [1.29, 1.82) is 0 Å². The van der Waals surface area contributed by atoms with E-state index < -0.39 is 0 Å². The van der Waals surface area contributed by atoms with Crippen LogP contribution >= 0.6 is 0 Å². The highest BCUT2D eigenvalue weighted by molar-refractivity contribution is 5.74. The van der Waals surface area contributed by atoms with Gasteiger partial charge in [-0.15, -0.1) is 0 Å². The van der Waals surface area contributed by atoms with Gasteiger partial charge in [-0.2, -0.15) is 0 Å². The van der Waals surface area contributed by atoms with Crippen LogP contribution in [0.2, 0.25) is 0 Å². The lowest BCUT2D eigenvalue weighted by Crippen LogP contribution is -2.24. The van der Waals surface area contributed by atoms with Crippen LogP contribution in [-0.2, 0) is 4.74 Å². The number of ether oxygens (including phenoxy) is 1. The number of nitrogens with zero attached hydrogens (tertiary/aromatic N) is 2. The standard InChI is InChI=1S/C6H10N2O/c1-8(2)6-7-4-3-5-9-6/h3,5H,4H2,1-2H3. The Hall–Kier alpha value is -0.990. The molecular formula is C6H10N2O. The zero-order chi connectivity index (χ0) is 6.69. The minimum Gasteiger partial charge on any atom is -0.434 e. The molecule has 3 heteroatoms. The first-order chi connectivity index (χ1) is 4.30. The normalized spacial score (nSPS) is 16.4. The maximum Gasteiger partial charge on any atom is 0.292 e. The molecule has 0 unspecified atom stereocenters. The number of rotatable bonds is 0. The number of aliphatic imine (C=N–C) groups is 1. The summed E-state index contributed by atoms with van der Waals surface area (Å²) >= 11 is 0. The van der Waals surface area contributed by atoms with Crippen LogP contribution in [0, 0.1) is 0 Å². The van der Waals surface area contributed by atoms with Crippen LogP contribution in [0.4, 0.5) is 0 Å². The third-order valence-electron chi connectivity index (χ3n) is 0.984. The fourth-order valence-electron chi connectivity index (χ4n) is 0.567. The van der Waals surface area contributed by atoms with Gasteiger partial charge >= 0.3 is 0 Å². The summed E-state index contributed by atoms with van der Waals surface area (Å²) in [6, 6.07) is 0.678. The fourth-order valence-corrected chi connectivity index (χ4v) is 0.567. The summed E-state index contributed by atoms with van der Waals surface area (Å²) in [4.78, 5) is 5.90. The van der Waals surface area contributed by atoms with E-state index in [-0.39, 0.29) is 0 Å². The summed E-state index contributed by atoms with van der Waals surface area (Å²) in [6.07, 6.45) is 3.52. The van der Waals surface area contributed by atoms with Gasteiger partial charge in [-0.05, 0) is 6.08 Å². The summed E-state index contributed by atoms with van der Waals surface area (Å²) in [7, 11) is 3.80. The van der Waals surface area contributed by atoms with Gasteiger partial charge in [0.15, 0.2) is 0 Å². The zero-order valence-electron chi connectivity index (χ0n) is 5.66. The van der Waals surface area contributed by atoms with Gasteiger partial charge in [-0.25, -0.2) is 4.99 Å². The summed E-state index contributed by atoms with van der Waals surface area (Å²) < 4.78 is 5.03. The van der Waals surface area contributed by atoms with Gasteiger partial charge in [-0.1, -0.05) is 0 Å². The van der Waals surface area contributed by atoms with Gasteiger partial charge in [0.05, 0.1) is 12.8 Å². The Morgan fingerprint density at radius 3 is 2.78 bits per heavy atom. The number of hydrogen-bond donors (Lipinski definition) is 0. The Bertz CT molecular complexity index is 149. The molecule has 0 radical (unpaired) electrons. The molecule has 1 aliphatic rings. The Morgan fingerprint density at radius 2 is 2.44 bits per heavy atom. The molecule has 0 aliphatic carbocycles. The molecule has 0 aromatic carbocycles. The van der Waals surface area contributed by atoms with Crippen molar-refractivity contribution in [2.75, 3.05) is 20.6 Å². The van der Waals surface area contributed by atoms with Crippen molar-refractivity contribution in [3.63, 3.8) is 0 Å². The second-order valence-electron chi connectivity index (χ2n) is 2.01. The van der Waals surface area contributed by atoms with E-state index in [1.165, 1.54) is 0 Å². The average Bonchev–Trinajstić information content (AvgIpc) is 1.90. The van der Waals surface area contributed by atoms with E-state index in [9.17, 15) is 0 Å². The van der Waals surface area contributed by atoms with Crippen molar-refractivity contribution in [2.24, 2.45) is 4.99 Å². The van der Waals surface area contributed by atoms with E-state index in [0.29, 0.717) is 6.02 Å². The highest BCUT2D eigenvalue weighted by Gasteiger charge is 2.01. The molecule has 1 rings (SSSR count). The Balaban J connectivity index is 2.50. The van der Waals surface area contributed by atoms with E-state index in [1.807, 2.05) is 25.1 Å².